The molecule has 0 saturated carbocycles. The van der Waals surface area contributed by atoms with Crippen LogP contribution in [0.25, 0.3) is 0 Å². The minimum atomic E-state index is -0.0413. The van der Waals surface area contributed by atoms with E-state index >= 15 is 0 Å². The Morgan fingerprint density at radius 3 is 2.65 bits per heavy atom. The van der Waals surface area contributed by atoms with Gasteiger partial charge in [0.25, 0.3) is 0 Å². The third kappa shape index (κ3) is 4.96. The summed E-state index contributed by atoms with van der Waals surface area (Å²) in [5.74, 6) is 0.641. The smallest absolute Gasteiger partial charge is 0.143 e. The first-order valence-electron chi connectivity index (χ1n) is 5.86. The second-order valence-corrected chi connectivity index (χ2v) is 5.59. The van der Waals surface area contributed by atoms with E-state index in [9.17, 15) is 4.79 Å². The van der Waals surface area contributed by atoms with E-state index in [0.717, 1.165) is 16.6 Å². The van der Waals surface area contributed by atoms with Gasteiger partial charge in [-0.05, 0) is 40.4 Å². The summed E-state index contributed by atoms with van der Waals surface area (Å²) in [7, 11) is 0. The number of hydrogen-bond donors (Lipinski definition) is 1. The molecule has 1 aromatic rings. The van der Waals surface area contributed by atoms with Crippen LogP contribution in [-0.4, -0.2) is 17.3 Å². The fourth-order valence-corrected chi connectivity index (χ4v) is 2.00. The topological polar surface area (TPSA) is 56.0 Å². The van der Waals surface area contributed by atoms with Crippen molar-refractivity contribution in [3.05, 3.63) is 28.5 Å². The van der Waals surface area contributed by atoms with Crippen LogP contribution < -0.4 is 5.73 Å². The first kappa shape index (κ1) is 14.3. The molecule has 0 aromatic carbocycles. The first-order valence-corrected chi connectivity index (χ1v) is 6.65. The summed E-state index contributed by atoms with van der Waals surface area (Å²) in [5.41, 5.74) is 6.46. The molecular formula is C13H19BrN2O. The summed E-state index contributed by atoms with van der Waals surface area (Å²) in [4.78, 5) is 16.2. The van der Waals surface area contributed by atoms with Crippen molar-refractivity contribution in [1.29, 1.82) is 0 Å². The maximum atomic E-state index is 12.0. The number of rotatable bonds is 6. The van der Waals surface area contributed by atoms with E-state index in [-0.39, 0.29) is 11.7 Å². The van der Waals surface area contributed by atoms with Crippen LogP contribution in [0.1, 0.15) is 26.0 Å². The molecule has 1 atom stereocenters. The summed E-state index contributed by atoms with van der Waals surface area (Å²) in [6.45, 7) is 4.63. The van der Waals surface area contributed by atoms with Gasteiger partial charge in [-0.25, -0.2) is 0 Å². The Balaban J connectivity index is 2.60. The quantitative estimate of drug-likeness (QED) is 0.878. The Morgan fingerprint density at radius 2 is 2.18 bits per heavy atom. The van der Waals surface area contributed by atoms with Gasteiger partial charge in [-0.3, -0.25) is 9.78 Å². The Labute approximate surface area is 111 Å². The number of aromatic nitrogens is 1. The molecule has 0 aliphatic heterocycles. The second kappa shape index (κ2) is 6.87. The molecule has 0 aliphatic carbocycles. The molecule has 3 nitrogen and oxygen atoms in total. The molecule has 17 heavy (non-hydrogen) atoms. The molecular weight excluding hydrogens is 280 g/mol. The van der Waals surface area contributed by atoms with Crippen molar-refractivity contribution in [2.45, 2.75) is 26.7 Å². The normalized spacial score (nSPS) is 12.8. The van der Waals surface area contributed by atoms with E-state index in [1.165, 1.54) is 0 Å². The molecule has 0 fully saturated rings. The van der Waals surface area contributed by atoms with Gasteiger partial charge in [0.15, 0.2) is 0 Å². The summed E-state index contributed by atoms with van der Waals surface area (Å²) in [6, 6.07) is 3.76. The standard InChI is InChI=1S/C13H19BrN2O/c1-9(2)5-10(7-15)13(17)6-12-4-3-11(14)8-16-12/h3-4,8-10H,5-7,15H2,1-2H3. The molecule has 1 aromatic heterocycles. The van der Waals surface area contributed by atoms with E-state index in [1.807, 2.05) is 12.1 Å². The highest BCUT2D eigenvalue weighted by Gasteiger charge is 2.18. The van der Waals surface area contributed by atoms with Crippen molar-refractivity contribution in [3.8, 4) is 0 Å². The number of ketones is 1. The number of carbonyl (C=O) groups excluding carboxylic acids is 1. The Hall–Kier alpha value is -0.740. The Kier molecular flexibility index (Phi) is 5.78. The van der Waals surface area contributed by atoms with Crippen molar-refractivity contribution in [1.82, 2.24) is 4.98 Å². The molecule has 0 amide bonds. The van der Waals surface area contributed by atoms with E-state index in [0.29, 0.717) is 18.9 Å². The highest BCUT2D eigenvalue weighted by Crippen LogP contribution is 2.14. The molecule has 2 N–H and O–H groups in total. The third-order valence-electron chi connectivity index (χ3n) is 2.64. The van der Waals surface area contributed by atoms with Crippen molar-refractivity contribution >= 4 is 21.7 Å². The van der Waals surface area contributed by atoms with Gasteiger partial charge in [-0.1, -0.05) is 13.8 Å². The largest absolute Gasteiger partial charge is 0.330 e. The molecule has 1 unspecified atom stereocenters. The van der Waals surface area contributed by atoms with Crippen LogP contribution in [0.15, 0.2) is 22.8 Å². The van der Waals surface area contributed by atoms with E-state index in [2.05, 4.69) is 34.8 Å². The number of Topliss-reactive ketones (excluding diaryl/α,β-unsaturated/α-hetero) is 1. The predicted molar refractivity (Wildman–Crippen MR) is 72.6 cm³/mol. The number of carbonyl (C=O) groups is 1. The molecule has 0 aliphatic rings. The molecule has 0 radical (unpaired) electrons. The number of nitrogens with two attached hydrogens (primary N) is 1. The van der Waals surface area contributed by atoms with Crippen LogP contribution in [0.5, 0.6) is 0 Å². The Morgan fingerprint density at radius 1 is 1.47 bits per heavy atom. The molecule has 0 bridgehead atoms. The lowest BCUT2D eigenvalue weighted by Crippen LogP contribution is -2.26. The van der Waals surface area contributed by atoms with Gasteiger partial charge in [-0.2, -0.15) is 0 Å². The van der Waals surface area contributed by atoms with Crippen LogP contribution >= 0.6 is 15.9 Å². The average molecular weight is 299 g/mol. The highest BCUT2D eigenvalue weighted by molar-refractivity contribution is 9.10. The Bertz CT molecular complexity index is 362. The van der Waals surface area contributed by atoms with Gasteiger partial charge in [-0.15, -0.1) is 0 Å². The van der Waals surface area contributed by atoms with Gasteiger partial charge < -0.3 is 5.73 Å². The van der Waals surface area contributed by atoms with Crippen molar-refractivity contribution in [2.24, 2.45) is 17.6 Å². The zero-order valence-electron chi connectivity index (χ0n) is 10.3. The summed E-state index contributed by atoms with van der Waals surface area (Å²) in [5, 5.41) is 0. The van der Waals surface area contributed by atoms with Crippen LogP contribution in [0.3, 0.4) is 0 Å². The lowest BCUT2D eigenvalue weighted by Gasteiger charge is -2.15. The first-order chi connectivity index (χ1) is 8.02. The highest BCUT2D eigenvalue weighted by atomic mass is 79.9. The molecule has 4 heteroatoms. The van der Waals surface area contributed by atoms with Crippen LogP contribution in [0.4, 0.5) is 0 Å². The maximum absolute atomic E-state index is 12.0. The number of nitrogens with zero attached hydrogens (tertiary/aromatic N) is 1. The number of hydrogen-bond acceptors (Lipinski definition) is 3. The van der Waals surface area contributed by atoms with Gasteiger partial charge in [0, 0.05) is 35.2 Å². The van der Waals surface area contributed by atoms with Crippen molar-refractivity contribution in [3.63, 3.8) is 0 Å². The van der Waals surface area contributed by atoms with Gasteiger partial charge in [0.05, 0.1) is 0 Å². The second-order valence-electron chi connectivity index (χ2n) is 4.67. The molecule has 94 valence electrons. The van der Waals surface area contributed by atoms with Crippen LogP contribution in [0.2, 0.25) is 0 Å². The molecule has 0 saturated heterocycles. The van der Waals surface area contributed by atoms with Gasteiger partial charge in [0.1, 0.15) is 5.78 Å². The lowest BCUT2D eigenvalue weighted by molar-refractivity contribution is -0.122. The SMILES string of the molecule is CC(C)CC(CN)C(=O)Cc1ccc(Br)cn1. The van der Waals surface area contributed by atoms with Crippen LogP contribution in [0, 0.1) is 11.8 Å². The van der Waals surface area contributed by atoms with Crippen molar-refractivity contribution in [2.75, 3.05) is 6.54 Å². The maximum Gasteiger partial charge on any atom is 0.143 e. The molecule has 1 heterocycles. The monoisotopic (exact) mass is 298 g/mol. The zero-order chi connectivity index (χ0) is 12.8. The van der Waals surface area contributed by atoms with E-state index in [4.69, 9.17) is 5.73 Å². The zero-order valence-corrected chi connectivity index (χ0v) is 11.9. The number of pyridine rings is 1. The molecule has 1 rings (SSSR count). The predicted octanol–water partition coefficient (Wildman–Crippen LogP) is 2.58. The summed E-state index contributed by atoms with van der Waals surface area (Å²) < 4.78 is 0.922. The summed E-state index contributed by atoms with van der Waals surface area (Å²) >= 11 is 3.32. The van der Waals surface area contributed by atoms with E-state index in [1.54, 1.807) is 6.20 Å². The van der Waals surface area contributed by atoms with Crippen molar-refractivity contribution < 1.29 is 4.79 Å². The third-order valence-corrected chi connectivity index (χ3v) is 3.11. The molecule has 0 spiro atoms. The van der Waals surface area contributed by atoms with Gasteiger partial charge >= 0.3 is 0 Å². The minimum Gasteiger partial charge on any atom is -0.330 e. The van der Waals surface area contributed by atoms with Gasteiger partial charge in [0.2, 0.25) is 0 Å². The number of halogens is 1. The lowest BCUT2D eigenvalue weighted by atomic mass is 9.91. The van der Waals surface area contributed by atoms with E-state index < -0.39 is 0 Å². The fourth-order valence-electron chi connectivity index (χ4n) is 1.76. The summed E-state index contributed by atoms with van der Waals surface area (Å²) in [6.07, 6.45) is 2.94. The minimum absolute atomic E-state index is 0.0413. The van der Waals surface area contributed by atoms with Crippen LogP contribution in [-0.2, 0) is 11.2 Å². The average Bonchev–Trinajstić information content (AvgIpc) is 2.28. The fraction of sp³-hybridized carbons (Fsp3) is 0.538.